The standard InChI is InChI=1S/C15H16N6O3S2/c1-3-24-12(23)8-4-5-10-9(6-8)17-14(26-10)18-11(22)7-21-13(16)19-20-15(21)25-2/h4-6H,3,7H2,1-2H3,(H2,16,19)(H,17,18,22). The number of rotatable bonds is 6. The lowest BCUT2D eigenvalue weighted by molar-refractivity contribution is -0.116. The number of carbonyl (C=O) groups excluding carboxylic acids is 2. The van der Waals surface area contributed by atoms with Crippen molar-refractivity contribution in [2.45, 2.75) is 18.6 Å². The number of nitrogens with one attached hydrogen (secondary N) is 1. The Kier molecular flexibility index (Phi) is 5.38. The van der Waals surface area contributed by atoms with Crippen LogP contribution in [0.15, 0.2) is 23.4 Å². The first-order chi connectivity index (χ1) is 12.5. The van der Waals surface area contributed by atoms with Gasteiger partial charge in [-0.15, -0.1) is 10.2 Å². The molecule has 3 N–H and O–H groups in total. The molecule has 0 atom stereocenters. The average molecular weight is 392 g/mol. The number of amides is 1. The van der Waals surface area contributed by atoms with E-state index < -0.39 is 5.97 Å². The minimum atomic E-state index is -0.402. The molecule has 0 radical (unpaired) electrons. The molecule has 3 rings (SSSR count). The van der Waals surface area contributed by atoms with Crippen LogP contribution >= 0.6 is 23.1 Å². The number of ether oxygens (including phenoxy) is 1. The molecule has 9 nitrogen and oxygen atoms in total. The first kappa shape index (κ1) is 18.1. The molecule has 0 aliphatic heterocycles. The predicted molar refractivity (Wildman–Crippen MR) is 100 cm³/mol. The van der Waals surface area contributed by atoms with Gasteiger partial charge in [-0.3, -0.25) is 9.36 Å². The van der Waals surface area contributed by atoms with Crippen LogP contribution in [-0.2, 0) is 16.1 Å². The smallest absolute Gasteiger partial charge is 0.338 e. The number of hydrogen-bond donors (Lipinski definition) is 2. The van der Waals surface area contributed by atoms with Gasteiger partial charge < -0.3 is 15.8 Å². The van der Waals surface area contributed by atoms with Crippen molar-refractivity contribution in [3.63, 3.8) is 0 Å². The zero-order valence-corrected chi connectivity index (χ0v) is 15.7. The van der Waals surface area contributed by atoms with Crippen LogP contribution in [0.1, 0.15) is 17.3 Å². The number of carbonyl (C=O) groups is 2. The Morgan fingerprint density at radius 3 is 2.92 bits per heavy atom. The number of thioether (sulfide) groups is 1. The lowest BCUT2D eigenvalue weighted by atomic mass is 10.2. The van der Waals surface area contributed by atoms with Crippen molar-refractivity contribution in [1.29, 1.82) is 0 Å². The second kappa shape index (κ2) is 7.70. The summed E-state index contributed by atoms with van der Waals surface area (Å²) in [5, 5.41) is 11.4. The van der Waals surface area contributed by atoms with Gasteiger partial charge in [-0.05, 0) is 31.4 Å². The fourth-order valence-corrected chi connectivity index (χ4v) is 3.59. The molecule has 0 saturated carbocycles. The molecule has 1 amide bonds. The monoisotopic (exact) mass is 392 g/mol. The van der Waals surface area contributed by atoms with Crippen LogP contribution in [0.2, 0.25) is 0 Å². The summed E-state index contributed by atoms with van der Waals surface area (Å²) in [5.41, 5.74) is 6.76. The largest absolute Gasteiger partial charge is 0.462 e. The molecular weight excluding hydrogens is 376 g/mol. The Morgan fingerprint density at radius 1 is 1.38 bits per heavy atom. The van der Waals surface area contributed by atoms with Crippen molar-refractivity contribution in [3.8, 4) is 0 Å². The van der Waals surface area contributed by atoms with Gasteiger partial charge in [0.1, 0.15) is 6.54 Å². The SMILES string of the molecule is CCOC(=O)c1ccc2sc(NC(=O)Cn3c(N)nnc3SC)nc2c1. The van der Waals surface area contributed by atoms with Gasteiger partial charge in [-0.25, -0.2) is 9.78 Å². The number of nitrogen functional groups attached to an aromatic ring is 1. The highest BCUT2D eigenvalue weighted by Gasteiger charge is 2.15. The number of nitrogens with two attached hydrogens (primary N) is 1. The highest BCUT2D eigenvalue weighted by Crippen LogP contribution is 2.27. The fraction of sp³-hybridized carbons (Fsp3) is 0.267. The minimum Gasteiger partial charge on any atom is -0.462 e. The number of thiazole rings is 1. The molecule has 1 aromatic carbocycles. The van der Waals surface area contributed by atoms with Crippen molar-refractivity contribution < 1.29 is 14.3 Å². The van der Waals surface area contributed by atoms with Crippen LogP contribution < -0.4 is 11.1 Å². The van der Waals surface area contributed by atoms with Crippen LogP contribution in [0.3, 0.4) is 0 Å². The summed E-state index contributed by atoms with van der Waals surface area (Å²) in [6.45, 7) is 2.04. The second-order valence-corrected chi connectivity index (χ2v) is 6.91. The quantitative estimate of drug-likeness (QED) is 0.482. The molecule has 0 aliphatic carbocycles. The lowest BCUT2D eigenvalue weighted by Gasteiger charge is -2.05. The number of esters is 1. The number of benzene rings is 1. The van der Waals surface area contributed by atoms with Crippen molar-refractivity contribution in [2.75, 3.05) is 23.9 Å². The molecule has 26 heavy (non-hydrogen) atoms. The normalized spacial score (nSPS) is 10.8. The third-order valence-electron chi connectivity index (χ3n) is 3.37. The highest BCUT2D eigenvalue weighted by atomic mass is 32.2. The Bertz CT molecular complexity index is 968. The van der Waals surface area contributed by atoms with Crippen molar-refractivity contribution in [2.24, 2.45) is 0 Å². The van der Waals surface area contributed by atoms with Crippen LogP contribution in [0.5, 0.6) is 0 Å². The number of aromatic nitrogens is 4. The van der Waals surface area contributed by atoms with E-state index in [1.165, 1.54) is 27.7 Å². The first-order valence-electron chi connectivity index (χ1n) is 7.62. The number of hydrogen-bond acceptors (Lipinski definition) is 9. The van der Waals surface area contributed by atoms with Crippen molar-refractivity contribution >= 4 is 56.3 Å². The molecule has 136 valence electrons. The van der Waals surface area contributed by atoms with Gasteiger partial charge in [0, 0.05) is 0 Å². The summed E-state index contributed by atoms with van der Waals surface area (Å²) in [7, 11) is 0. The minimum absolute atomic E-state index is 0.0149. The van der Waals surface area contributed by atoms with E-state index in [0.717, 1.165) is 4.70 Å². The molecule has 11 heteroatoms. The topological polar surface area (TPSA) is 125 Å². The Hall–Kier alpha value is -2.66. The molecule has 0 saturated heterocycles. The summed E-state index contributed by atoms with van der Waals surface area (Å²) in [5.74, 6) is -0.523. The molecule has 2 heterocycles. The maximum atomic E-state index is 12.3. The summed E-state index contributed by atoms with van der Waals surface area (Å²) >= 11 is 2.66. The third-order valence-corrected chi connectivity index (χ3v) is 4.99. The molecule has 3 aromatic rings. The first-order valence-corrected chi connectivity index (χ1v) is 9.66. The number of anilines is 2. The van der Waals surface area contributed by atoms with E-state index >= 15 is 0 Å². The molecule has 2 aromatic heterocycles. The van der Waals surface area contributed by atoms with Crippen LogP contribution in [-0.4, -0.2) is 44.5 Å². The van der Waals surface area contributed by atoms with E-state index in [4.69, 9.17) is 10.5 Å². The molecule has 0 fully saturated rings. The maximum absolute atomic E-state index is 12.3. The van der Waals surface area contributed by atoms with Gasteiger partial charge in [0.15, 0.2) is 10.3 Å². The molecule has 0 spiro atoms. The Morgan fingerprint density at radius 2 is 2.19 bits per heavy atom. The maximum Gasteiger partial charge on any atom is 0.338 e. The van der Waals surface area contributed by atoms with Gasteiger partial charge in [0.2, 0.25) is 11.9 Å². The van der Waals surface area contributed by atoms with Gasteiger partial charge in [-0.2, -0.15) is 0 Å². The summed E-state index contributed by atoms with van der Waals surface area (Å²) in [6, 6.07) is 5.09. The van der Waals surface area contributed by atoms with Crippen molar-refractivity contribution in [1.82, 2.24) is 19.7 Å². The van der Waals surface area contributed by atoms with E-state index in [0.29, 0.717) is 28.0 Å². The average Bonchev–Trinajstić information content (AvgIpc) is 3.17. The van der Waals surface area contributed by atoms with Gasteiger partial charge in [0.25, 0.3) is 0 Å². The second-order valence-electron chi connectivity index (χ2n) is 5.10. The Labute approximate surface area is 156 Å². The lowest BCUT2D eigenvalue weighted by Crippen LogP contribution is -2.20. The summed E-state index contributed by atoms with van der Waals surface area (Å²) in [4.78, 5) is 28.4. The van der Waals surface area contributed by atoms with Gasteiger partial charge in [-0.1, -0.05) is 23.1 Å². The number of fused-ring (bicyclic) bond motifs is 1. The Balaban J connectivity index is 1.75. The fourth-order valence-electron chi connectivity index (χ4n) is 2.22. The number of nitrogens with zero attached hydrogens (tertiary/aromatic N) is 4. The van der Waals surface area contributed by atoms with Gasteiger partial charge in [0.05, 0.1) is 22.4 Å². The predicted octanol–water partition coefficient (Wildman–Crippen LogP) is 2.01. The van der Waals surface area contributed by atoms with E-state index in [2.05, 4.69) is 20.5 Å². The summed E-state index contributed by atoms with van der Waals surface area (Å²) < 4.78 is 7.35. The van der Waals surface area contributed by atoms with E-state index in [1.54, 1.807) is 25.1 Å². The zero-order chi connectivity index (χ0) is 18.7. The molecule has 0 unspecified atom stereocenters. The van der Waals surface area contributed by atoms with Crippen LogP contribution in [0.4, 0.5) is 11.1 Å². The highest BCUT2D eigenvalue weighted by molar-refractivity contribution is 7.98. The van der Waals surface area contributed by atoms with E-state index in [9.17, 15) is 9.59 Å². The van der Waals surface area contributed by atoms with E-state index in [1.807, 2.05) is 6.26 Å². The third kappa shape index (κ3) is 3.78. The van der Waals surface area contributed by atoms with Gasteiger partial charge >= 0.3 is 5.97 Å². The molecule has 0 aliphatic rings. The van der Waals surface area contributed by atoms with Crippen LogP contribution in [0, 0.1) is 0 Å². The molecule has 0 bridgehead atoms. The van der Waals surface area contributed by atoms with Crippen LogP contribution in [0.25, 0.3) is 10.2 Å². The molecular formula is C15H16N6O3S2. The summed E-state index contributed by atoms with van der Waals surface area (Å²) in [6.07, 6.45) is 1.83. The van der Waals surface area contributed by atoms with Crippen molar-refractivity contribution in [3.05, 3.63) is 23.8 Å². The van der Waals surface area contributed by atoms with E-state index in [-0.39, 0.29) is 18.4 Å². The zero-order valence-electron chi connectivity index (χ0n) is 14.1.